The molecule has 3 N–H and O–H groups in total. The molecule has 1 aromatic carbocycles. The molecule has 0 aliphatic carbocycles. The minimum Gasteiger partial charge on any atom is -0.389 e. The van der Waals surface area contributed by atoms with Crippen molar-refractivity contribution in [3.8, 4) is 0 Å². The van der Waals surface area contributed by atoms with Crippen LogP contribution in [0.1, 0.15) is 19.4 Å². The third-order valence-corrected chi connectivity index (χ3v) is 2.48. The van der Waals surface area contributed by atoms with Crippen molar-refractivity contribution in [3.63, 3.8) is 0 Å². The fraction of sp³-hybridized carbons (Fsp3) is 0.417. The van der Waals surface area contributed by atoms with E-state index in [9.17, 15) is 5.11 Å². The second-order valence-corrected chi connectivity index (χ2v) is 4.86. The van der Waals surface area contributed by atoms with Crippen molar-refractivity contribution < 1.29 is 5.11 Å². The van der Waals surface area contributed by atoms with Crippen molar-refractivity contribution in [1.82, 2.24) is 9.55 Å². The van der Waals surface area contributed by atoms with Crippen LogP contribution in [0, 0.1) is 6.92 Å². The molecule has 2 rings (SSSR count). The minimum atomic E-state index is -0.799. The highest BCUT2D eigenvalue weighted by molar-refractivity contribution is 5.79. The summed E-state index contributed by atoms with van der Waals surface area (Å²) in [5, 5.41) is 9.82. The molecule has 2 aromatic rings. The monoisotopic (exact) mass is 219 g/mol. The molecule has 0 amide bonds. The number of aromatic nitrogens is 2. The van der Waals surface area contributed by atoms with E-state index in [4.69, 9.17) is 5.73 Å². The van der Waals surface area contributed by atoms with E-state index in [1.807, 2.05) is 29.7 Å². The summed E-state index contributed by atoms with van der Waals surface area (Å²) in [7, 11) is 0. The van der Waals surface area contributed by atoms with Gasteiger partial charge < -0.3 is 15.4 Å². The molecule has 4 heteroatoms. The molecule has 0 aliphatic rings. The van der Waals surface area contributed by atoms with Gasteiger partial charge >= 0.3 is 0 Å². The summed E-state index contributed by atoms with van der Waals surface area (Å²) in [5.41, 5.74) is 8.05. The first-order valence-corrected chi connectivity index (χ1v) is 5.31. The number of aliphatic hydroxyl groups is 1. The molecular weight excluding hydrogens is 202 g/mol. The van der Waals surface area contributed by atoms with Crippen LogP contribution in [-0.2, 0) is 6.54 Å². The zero-order valence-corrected chi connectivity index (χ0v) is 9.86. The third-order valence-electron chi connectivity index (χ3n) is 2.48. The van der Waals surface area contributed by atoms with Crippen LogP contribution >= 0.6 is 0 Å². The summed E-state index contributed by atoms with van der Waals surface area (Å²) in [6, 6.07) is 6.00. The lowest BCUT2D eigenvalue weighted by molar-refractivity contribution is 0.0633. The van der Waals surface area contributed by atoms with E-state index < -0.39 is 5.60 Å². The van der Waals surface area contributed by atoms with Crippen molar-refractivity contribution in [2.24, 2.45) is 0 Å². The fourth-order valence-corrected chi connectivity index (χ4v) is 1.81. The normalized spacial score (nSPS) is 12.2. The second kappa shape index (κ2) is 3.49. The van der Waals surface area contributed by atoms with Gasteiger partial charge in [-0.15, -0.1) is 0 Å². The Morgan fingerprint density at radius 1 is 1.44 bits per heavy atom. The maximum absolute atomic E-state index is 9.82. The summed E-state index contributed by atoms with van der Waals surface area (Å²) < 4.78 is 1.84. The molecule has 1 aromatic heterocycles. The van der Waals surface area contributed by atoms with Crippen LogP contribution in [0.25, 0.3) is 11.0 Å². The van der Waals surface area contributed by atoms with Gasteiger partial charge in [0.15, 0.2) is 0 Å². The summed E-state index contributed by atoms with van der Waals surface area (Å²) in [6.45, 7) is 5.97. The Balaban J connectivity index is 2.56. The van der Waals surface area contributed by atoms with Crippen molar-refractivity contribution in [3.05, 3.63) is 23.8 Å². The van der Waals surface area contributed by atoms with Crippen LogP contribution in [0.3, 0.4) is 0 Å². The van der Waals surface area contributed by atoms with Gasteiger partial charge in [-0.05, 0) is 38.5 Å². The summed E-state index contributed by atoms with van der Waals surface area (Å²) >= 11 is 0. The van der Waals surface area contributed by atoms with Crippen molar-refractivity contribution >= 4 is 17.0 Å². The van der Waals surface area contributed by atoms with E-state index in [-0.39, 0.29) is 0 Å². The van der Waals surface area contributed by atoms with Gasteiger partial charge in [-0.25, -0.2) is 4.98 Å². The first-order chi connectivity index (χ1) is 7.37. The molecule has 0 aliphatic heterocycles. The lowest BCUT2D eigenvalue weighted by Crippen LogP contribution is -2.26. The Morgan fingerprint density at radius 2 is 2.12 bits per heavy atom. The number of imidazole rings is 1. The molecule has 0 fully saturated rings. The SMILES string of the molecule is Cc1ccc2c(c1)nc(N)n2CC(C)(C)O. The number of hydrogen-bond acceptors (Lipinski definition) is 3. The van der Waals surface area contributed by atoms with E-state index in [1.54, 1.807) is 13.8 Å². The molecule has 0 radical (unpaired) electrons. The summed E-state index contributed by atoms with van der Waals surface area (Å²) in [5.74, 6) is 0.447. The molecule has 0 bridgehead atoms. The second-order valence-electron chi connectivity index (χ2n) is 4.86. The fourth-order valence-electron chi connectivity index (χ4n) is 1.81. The van der Waals surface area contributed by atoms with E-state index in [1.165, 1.54) is 0 Å². The maximum Gasteiger partial charge on any atom is 0.201 e. The third kappa shape index (κ3) is 2.02. The highest BCUT2D eigenvalue weighted by atomic mass is 16.3. The van der Waals surface area contributed by atoms with Crippen LogP contribution in [0.5, 0.6) is 0 Å². The van der Waals surface area contributed by atoms with E-state index in [2.05, 4.69) is 4.98 Å². The predicted octanol–water partition coefficient (Wildman–Crippen LogP) is 1.70. The van der Waals surface area contributed by atoms with Gasteiger partial charge in [-0.3, -0.25) is 0 Å². The zero-order chi connectivity index (χ0) is 11.9. The van der Waals surface area contributed by atoms with Crippen molar-refractivity contribution in [2.45, 2.75) is 32.9 Å². The van der Waals surface area contributed by atoms with Crippen molar-refractivity contribution in [2.75, 3.05) is 5.73 Å². The van der Waals surface area contributed by atoms with Gasteiger partial charge in [0.2, 0.25) is 5.95 Å². The van der Waals surface area contributed by atoms with Crippen LogP contribution < -0.4 is 5.73 Å². The van der Waals surface area contributed by atoms with Crippen LogP contribution in [0.2, 0.25) is 0 Å². The number of benzene rings is 1. The number of aryl methyl sites for hydroxylation is 1. The Kier molecular flexibility index (Phi) is 2.39. The Bertz CT molecular complexity index is 523. The molecular formula is C12H17N3O. The number of rotatable bonds is 2. The van der Waals surface area contributed by atoms with Gasteiger partial charge in [0.05, 0.1) is 23.2 Å². The molecule has 4 nitrogen and oxygen atoms in total. The van der Waals surface area contributed by atoms with Crippen LogP contribution in [-0.4, -0.2) is 20.3 Å². The lowest BCUT2D eigenvalue weighted by atomic mass is 10.1. The Hall–Kier alpha value is -1.55. The first kappa shape index (κ1) is 11.0. The van der Waals surface area contributed by atoms with Gasteiger partial charge in [-0.2, -0.15) is 0 Å². The molecule has 0 saturated carbocycles. The average molecular weight is 219 g/mol. The molecule has 0 atom stereocenters. The van der Waals surface area contributed by atoms with Gasteiger partial charge in [-0.1, -0.05) is 6.07 Å². The molecule has 16 heavy (non-hydrogen) atoms. The molecule has 0 saturated heterocycles. The highest BCUT2D eigenvalue weighted by Crippen LogP contribution is 2.21. The van der Waals surface area contributed by atoms with Gasteiger partial charge in [0.1, 0.15) is 0 Å². The number of nitrogens with zero attached hydrogens (tertiary/aromatic N) is 2. The smallest absolute Gasteiger partial charge is 0.201 e. The van der Waals surface area contributed by atoms with Crippen LogP contribution in [0.4, 0.5) is 5.95 Å². The van der Waals surface area contributed by atoms with E-state index in [0.29, 0.717) is 12.5 Å². The standard InChI is InChI=1S/C12H17N3O/c1-8-4-5-10-9(6-8)14-11(13)15(10)7-12(2,3)16/h4-6,16H,7H2,1-3H3,(H2,13,14). The molecule has 0 spiro atoms. The molecule has 0 unspecified atom stereocenters. The quantitative estimate of drug-likeness (QED) is 0.808. The number of nitrogen functional groups attached to an aromatic ring is 1. The summed E-state index contributed by atoms with van der Waals surface area (Å²) in [4.78, 5) is 4.29. The number of fused-ring (bicyclic) bond motifs is 1. The topological polar surface area (TPSA) is 64.1 Å². The molecule has 86 valence electrons. The average Bonchev–Trinajstić information content (AvgIpc) is 2.40. The largest absolute Gasteiger partial charge is 0.389 e. The van der Waals surface area contributed by atoms with Crippen LogP contribution in [0.15, 0.2) is 18.2 Å². The first-order valence-electron chi connectivity index (χ1n) is 5.31. The van der Waals surface area contributed by atoms with Gasteiger partial charge in [0.25, 0.3) is 0 Å². The number of anilines is 1. The summed E-state index contributed by atoms with van der Waals surface area (Å²) in [6.07, 6.45) is 0. The predicted molar refractivity (Wildman–Crippen MR) is 65.2 cm³/mol. The van der Waals surface area contributed by atoms with Crippen molar-refractivity contribution in [1.29, 1.82) is 0 Å². The zero-order valence-electron chi connectivity index (χ0n) is 9.86. The highest BCUT2D eigenvalue weighted by Gasteiger charge is 2.17. The van der Waals surface area contributed by atoms with E-state index >= 15 is 0 Å². The lowest BCUT2D eigenvalue weighted by Gasteiger charge is -2.19. The minimum absolute atomic E-state index is 0.443. The molecule has 1 heterocycles. The maximum atomic E-state index is 9.82. The Labute approximate surface area is 94.7 Å². The van der Waals surface area contributed by atoms with Gasteiger partial charge in [0, 0.05) is 0 Å². The van der Waals surface area contributed by atoms with E-state index in [0.717, 1.165) is 16.6 Å². The number of nitrogens with two attached hydrogens (primary N) is 1. The number of hydrogen-bond donors (Lipinski definition) is 2. The Morgan fingerprint density at radius 3 is 2.75 bits per heavy atom.